The van der Waals surface area contributed by atoms with Crippen LogP contribution in [0.3, 0.4) is 0 Å². The summed E-state index contributed by atoms with van der Waals surface area (Å²) in [6, 6.07) is 12.6. The summed E-state index contributed by atoms with van der Waals surface area (Å²) in [5, 5.41) is 0. The molecule has 2 aromatic carbocycles. The molecule has 2 aromatic rings. The van der Waals surface area contributed by atoms with Gasteiger partial charge in [0.15, 0.2) is 0 Å². The van der Waals surface area contributed by atoms with Gasteiger partial charge in [-0.1, -0.05) is 6.07 Å². The smallest absolute Gasteiger partial charge is 0.337 e. The van der Waals surface area contributed by atoms with Gasteiger partial charge in [0.05, 0.1) is 29.9 Å². The molecule has 7 heteroatoms. The first kappa shape index (κ1) is 18.8. The van der Waals surface area contributed by atoms with E-state index in [0.717, 1.165) is 0 Å². The van der Waals surface area contributed by atoms with E-state index in [2.05, 4.69) is 0 Å². The third-order valence-corrected chi connectivity index (χ3v) is 5.48. The van der Waals surface area contributed by atoms with E-state index in [1.165, 1.54) is 29.6 Å². The van der Waals surface area contributed by atoms with E-state index >= 15 is 0 Å². The van der Waals surface area contributed by atoms with Crippen molar-refractivity contribution < 1.29 is 22.7 Å². The lowest BCUT2D eigenvalue weighted by Crippen LogP contribution is -2.30. The fourth-order valence-corrected chi connectivity index (χ4v) is 3.86. The van der Waals surface area contributed by atoms with Crippen molar-refractivity contribution in [2.75, 3.05) is 24.6 Å². The van der Waals surface area contributed by atoms with Gasteiger partial charge < -0.3 is 9.47 Å². The summed E-state index contributed by atoms with van der Waals surface area (Å²) in [5.41, 5.74) is 0.694. The number of rotatable bonds is 7. The van der Waals surface area contributed by atoms with Crippen LogP contribution in [0.1, 0.15) is 24.2 Å². The van der Waals surface area contributed by atoms with Crippen LogP contribution in [0.4, 0.5) is 5.69 Å². The fraction of sp³-hybridized carbons (Fsp3) is 0.278. The van der Waals surface area contributed by atoms with Crippen LogP contribution in [0.5, 0.6) is 5.75 Å². The zero-order valence-electron chi connectivity index (χ0n) is 14.4. The second-order valence-corrected chi connectivity index (χ2v) is 6.98. The quantitative estimate of drug-likeness (QED) is 0.707. The Balaban J connectivity index is 2.40. The van der Waals surface area contributed by atoms with Crippen LogP contribution in [0.15, 0.2) is 53.4 Å². The molecule has 25 heavy (non-hydrogen) atoms. The second-order valence-electron chi connectivity index (χ2n) is 5.12. The molecule has 0 saturated heterocycles. The van der Waals surface area contributed by atoms with Gasteiger partial charge in [-0.3, -0.25) is 4.31 Å². The molecule has 0 radical (unpaired) electrons. The second kappa shape index (κ2) is 8.02. The third kappa shape index (κ3) is 4.11. The molecule has 6 nitrogen and oxygen atoms in total. The van der Waals surface area contributed by atoms with Crippen LogP contribution in [0.2, 0.25) is 0 Å². The average Bonchev–Trinajstić information content (AvgIpc) is 2.62. The summed E-state index contributed by atoms with van der Waals surface area (Å²) < 4.78 is 37.2. The number of carbonyl (C=O) groups is 1. The molecule has 0 aliphatic rings. The largest absolute Gasteiger partial charge is 0.494 e. The number of hydrogen-bond donors (Lipinski definition) is 0. The monoisotopic (exact) mass is 363 g/mol. The van der Waals surface area contributed by atoms with Crippen molar-refractivity contribution in [3.63, 3.8) is 0 Å². The van der Waals surface area contributed by atoms with E-state index < -0.39 is 16.0 Å². The summed E-state index contributed by atoms with van der Waals surface area (Å²) in [6.07, 6.45) is 0. The molecule has 0 spiro atoms. The van der Waals surface area contributed by atoms with Crippen LogP contribution in [-0.4, -0.2) is 34.6 Å². The lowest BCUT2D eigenvalue weighted by Gasteiger charge is -2.23. The van der Waals surface area contributed by atoms with Gasteiger partial charge in [-0.2, -0.15) is 0 Å². The topological polar surface area (TPSA) is 72.9 Å². The molecule has 0 aliphatic carbocycles. The highest BCUT2D eigenvalue weighted by Crippen LogP contribution is 2.26. The number of carbonyl (C=O) groups excluding carboxylic acids is 1. The van der Waals surface area contributed by atoms with E-state index in [0.29, 0.717) is 23.6 Å². The molecule has 0 saturated carbocycles. The maximum absolute atomic E-state index is 13.0. The molecule has 0 unspecified atom stereocenters. The first-order valence-electron chi connectivity index (χ1n) is 7.88. The van der Waals surface area contributed by atoms with Crippen molar-refractivity contribution in [2.45, 2.75) is 18.7 Å². The SMILES string of the molecule is CCOc1ccc(S(=O)(=O)N(CC)c2cccc(C(=O)OC)c2)cc1. The Morgan fingerprint density at radius 1 is 1.08 bits per heavy atom. The number of hydrogen-bond acceptors (Lipinski definition) is 5. The van der Waals surface area contributed by atoms with Crippen molar-refractivity contribution in [3.05, 3.63) is 54.1 Å². The Hall–Kier alpha value is -2.54. The van der Waals surface area contributed by atoms with Crippen LogP contribution >= 0.6 is 0 Å². The van der Waals surface area contributed by atoms with Crippen molar-refractivity contribution in [1.29, 1.82) is 0 Å². The molecular formula is C18H21NO5S. The minimum absolute atomic E-state index is 0.154. The van der Waals surface area contributed by atoms with E-state index in [1.807, 2.05) is 6.92 Å². The molecule has 0 heterocycles. The first-order valence-corrected chi connectivity index (χ1v) is 9.32. The number of sulfonamides is 1. The number of methoxy groups -OCH3 is 1. The molecule has 0 amide bonds. The van der Waals surface area contributed by atoms with E-state index in [4.69, 9.17) is 9.47 Å². The van der Waals surface area contributed by atoms with Crippen LogP contribution in [0.25, 0.3) is 0 Å². The first-order chi connectivity index (χ1) is 11.9. The van der Waals surface area contributed by atoms with Gasteiger partial charge in [0.2, 0.25) is 0 Å². The summed E-state index contributed by atoms with van der Waals surface area (Å²) in [5.74, 6) is 0.0913. The zero-order chi connectivity index (χ0) is 18.4. The van der Waals surface area contributed by atoms with Gasteiger partial charge >= 0.3 is 5.97 Å². The predicted molar refractivity (Wildman–Crippen MR) is 95.6 cm³/mol. The van der Waals surface area contributed by atoms with Crippen LogP contribution < -0.4 is 9.04 Å². The van der Waals surface area contributed by atoms with Crippen LogP contribution in [-0.2, 0) is 14.8 Å². The maximum atomic E-state index is 13.0. The predicted octanol–water partition coefficient (Wildman–Crippen LogP) is 3.09. The van der Waals surface area contributed by atoms with Gasteiger partial charge in [0.25, 0.3) is 10.0 Å². The Morgan fingerprint density at radius 2 is 1.76 bits per heavy atom. The lowest BCUT2D eigenvalue weighted by atomic mass is 10.2. The minimum Gasteiger partial charge on any atom is -0.494 e. The summed E-state index contributed by atoms with van der Waals surface area (Å²) >= 11 is 0. The molecule has 0 aromatic heterocycles. The number of anilines is 1. The number of benzene rings is 2. The summed E-state index contributed by atoms with van der Waals surface area (Å²) in [4.78, 5) is 11.8. The molecule has 0 N–H and O–H groups in total. The molecule has 2 rings (SSSR count). The lowest BCUT2D eigenvalue weighted by molar-refractivity contribution is 0.0600. The van der Waals surface area contributed by atoms with E-state index in [9.17, 15) is 13.2 Å². The Kier molecular flexibility index (Phi) is 6.03. The minimum atomic E-state index is -3.76. The number of esters is 1. The zero-order valence-corrected chi connectivity index (χ0v) is 15.2. The van der Waals surface area contributed by atoms with Gasteiger partial charge in [0, 0.05) is 6.54 Å². The van der Waals surface area contributed by atoms with Crippen molar-refractivity contribution in [3.8, 4) is 5.75 Å². The Bertz CT molecular complexity index is 831. The van der Waals surface area contributed by atoms with Crippen molar-refractivity contribution >= 4 is 21.7 Å². The standard InChI is InChI=1S/C18H21NO5S/c1-4-19(15-8-6-7-14(13-15)18(20)23-3)25(21,22)17-11-9-16(10-12-17)24-5-2/h6-13H,4-5H2,1-3H3. The van der Waals surface area contributed by atoms with Gasteiger partial charge in [-0.15, -0.1) is 0 Å². The normalized spacial score (nSPS) is 11.0. The highest BCUT2D eigenvalue weighted by atomic mass is 32.2. The Labute approximate surface area is 148 Å². The number of nitrogens with zero attached hydrogens (tertiary/aromatic N) is 1. The average molecular weight is 363 g/mol. The molecular weight excluding hydrogens is 342 g/mol. The van der Waals surface area contributed by atoms with Gasteiger partial charge in [-0.05, 0) is 56.3 Å². The Morgan fingerprint density at radius 3 is 2.32 bits per heavy atom. The van der Waals surface area contributed by atoms with E-state index in [1.54, 1.807) is 37.3 Å². The molecule has 0 aliphatic heterocycles. The highest BCUT2D eigenvalue weighted by Gasteiger charge is 2.24. The molecule has 0 atom stereocenters. The molecule has 134 valence electrons. The van der Waals surface area contributed by atoms with Gasteiger partial charge in [0.1, 0.15) is 5.75 Å². The third-order valence-electron chi connectivity index (χ3n) is 3.57. The number of ether oxygens (including phenoxy) is 2. The maximum Gasteiger partial charge on any atom is 0.337 e. The molecule has 0 bridgehead atoms. The highest BCUT2D eigenvalue weighted by molar-refractivity contribution is 7.92. The summed E-state index contributed by atoms with van der Waals surface area (Å²) in [6.45, 7) is 4.32. The fourth-order valence-electron chi connectivity index (χ4n) is 2.40. The van der Waals surface area contributed by atoms with Crippen molar-refractivity contribution in [2.24, 2.45) is 0 Å². The molecule has 0 fully saturated rings. The van der Waals surface area contributed by atoms with Crippen molar-refractivity contribution in [1.82, 2.24) is 0 Å². The van der Waals surface area contributed by atoms with E-state index in [-0.39, 0.29) is 11.4 Å². The van der Waals surface area contributed by atoms with Crippen LogP contribution in [0, 0.1) is 0 Å². The van der Waals surface area contributed by atoms with Gasteiger partial charge in [-0.25, -0.2) is 13.2 Å². The summed E-state index contributed by atoms with van der Waals surface area (Å²) in [7, 11) is -2.48.